The van der Waals surface area contributed by atoms with E-state index in [1.165, 1.54) is 0 Å². The van der Waals surface area contributed by atoms with Crippen LogP contribution in [0.5, 0.6) is 0 Å². The summed E-state index contributed by atoms with van der Waals surface area (Å²) in [4.78, 5) is 11.1. The monoisotopic (exact) mass is 202 g/mol. The Balaban J connectivity index is 1.98. The molecule has 5 nitrogen and oxygen atoms in total. The zero-order chi connectivity index (χ0) is 10.2. The van der Waals surface area contributed by atoms with Crippen molar-refractivity contribution in [3.05, 3.63) is 0 Å². The summed E-state index contributed by atoms with van der Waals surface area (Å²) in [5.74, 6) is 0. The highest BCUT2D eigenvalue weighted by atomic mass is 16.5. The molecule has 1 saturated heterocycles. The van der Waals surface area contributed by atoms with Gasteiger partial charge >= 0.3 is 6.09 Å². The zero-order valence-electron chi connectivity index (χ0n) is 8.54. The van der Waals surface area contributed by atoms with E-state index in [4.69, 9.17) is 9.47 Å². The number of nitrogens with one attached hydrogen (secondary N) is 2. The van der Waals surface area contributed by atoms with Gasteiger partial charge < -0.3 is 20.1 Å². The number of alkyl carbamates (subject to hydrolysis) is 1. The molecule has 0 aliphatic carbocycles. The molecular formula is C9H18N2O3. The lowest BCUT2D eigenvalue weighted by molar-refractivity contribution is 0.139. The summed E-state index contributed by atoms with van der Waals surface area (Å²) in [5, 5.41) is 5.81. The van der Waals surface area contributed by atoms with Gasteiger partial charge in [0, 0.05) is 13.2 Å². The van der Waals surface area contributed by atoms with Crippen LogP contribution in [0.2, 0.25) is 0 Å². The third-order valence-corrected chi connectivity index (χ3v) is 2.01. The second-order valence-electron chi connectivity index (χ2n) is 3.19. The van der Waals surface area contributed by atoms with Gasteiger partial charge in [0.05, 0.1) is 12.6 Å². The Bertz CT molecular complexity index is 169. The van der Waals surface area contributed by atoms with E-state index in [1.54, 1.807) is 0 Å². The predicted molar refractivity (Wildman–Crippen MR) is 52.3 cm³/mol. The SMILES string of the molecule is CCNCCOC(=O)NC1CCOC1. The molecule has 5 heteroatoms. The van der Waals surface area contributed by atoms with Crippen molar-refractivity contribution >= 4 is 6.09 Å². The number of ether oxygens (including phenoxy) is 2. The average Bonchev–Trinajstić information content (AvgIpc) is 2.65. The Morgan fingerprint density at radius 1 is 1.64 bits per heavy atom. The summed E-state index contributed by atoms with van der Waals surface area (Å²) in [6, 6.07) is 0.127. The van der Waals surface area contributed by atoms with Gasteiger partial charge in [0.25, 0.3) is 0 Å². The number of hydrogen-bond acceptors (Lipinski definition) is 4. The molecule has 1 atom stereocenters. The lowest BCUT2D eigenvalue weighted by Gasteiger charge is -2.10. The molecular weight excluding hydrogens is 184 g/mol. The predicted octanol–water partition coefficient (Wildman–Crippen LogP) is 0.111. The van der Waals surface area contributed by atoms with Crippen molar-refractivity contribution in [2.75, 3.05) is 32.9 Å². The maximum absolute atomic E-state index is 11.1. The van der Waals surface area contributed by atoms with Gasteiger partial charge in [-0.1, -0.05) is 6.92 Å². The van der Waals surface area contributed by atoms with Crippen LogP contribution in [0.15, 0.2) is 0 Å². The van der Waals surface area contributed by atoms with Crippen molar-refractivity contribution in [1.29, 1.82) is 0 Å². The van der Waals surface area contributed by atoms with E-state index in [0.29, 0.717) is 19.8 Å². The number of carbonyl (C=O) groups excluding carboxylic acids is 1. The van der Waals surface area contributed by atoms with Crippen LogP contribution in [0.3, 0.4) is 0 Å². The molecule has 0 bridgehead atoms. The van der Waals surface area contributed by atoms with E-state index in [9.17, 15) is 4.79 Å². The van der Waals surface area contributed by atoms with E-state index in [-0.39, 0.29) is 12.1 Å². The summed E-state index contributed by atoms with van der Waals surface area (Å²) in [7, 11) is 0. The Labute approximate surface area is 84.1 Å². The standard InChI is InChI=1S/C9H18N2O3/c1-2-10-4-6-14-9(12)11-8-3-5-13-7-8/h8,10H,2-7H2,1H3,(H,11,12). The smallest absolute Gasteiger partial charge is 0.407 e. The lowest BCUT2D eigenvalue weighted by Crippen LogP contribution is -2.36. The first-order valence-corrected chi connectivity index (χ1v) is 5.04. The van der Waals surface area contributed by atoms with Gasteiger partial charge in [0.15, 0.2) is 0 Å². The molecule has 1 aliphatic heterocycles. The van der Waals surface area contributed by atoms with E-state index in [0.717, 1.165) is 19.6 Å². The fourth-order valence-electron chi connectivity index (χ4n) is 1.25. The van der Waals surface area contributed by atoms with Crippen LogP contribution in [-0.2, 0) is 9.47 Å². The molecule has 1 aliphatic rings. The maximum atomic E-state index is 11.1. The Morgan fingerprint density at radius 2 is 2.50 bits per heavy atom. The first kappa shape index (κ1) is 11.3. The topological polar surface area (TPSA) is 59.6 Å². The average molecular weight is 202 g/mol. The fraction of sp³-hybridized carbons (Fsp3) is 0.889. The molecule has 1 amide bonds. The summed E-state index contributed by atoms with van der Waals surface area (Å²) in [5.41, 5.74) is 0. The van der Waals surface area contributed by atoms with Gasteiger partial charge in [-0.05, 0) is 13.0 Å². The van der Waals surface area contributed by atoms with Crippen LogP contribution in [0, 0.1) is 0 Å². The molecule has 1 heterocycles. The molecule has 14 heavy (non-hydrogen) atoms. The highest BCUT2D eigenvalue weighted by Gasteiger charge is 2.17. The first-order valence-electron chi connectivity index (χ1n) is 5.04. The summed E-state index contributed by atoms with van der Waals surface area (Å²) < 4.78 is 10.1. The normalized spacial score (nSPS) is 20.8. The van der Waals surface area contributed by atoms with Gasteiger partial charge in [-0.25, -0.2) is 4.79 Å². The fourth-order valence-corrected chi connectivity index (χ4v) is 1.25. The highest BCUT2D eigenvalue weighted by Crippen LogP contribution is 2.02. The van der Waals surface area contributed by atoms with Crippen LogP contribution >= 0.6 is 0 Å². The maximum Gasteiger partial charge on any atom is 0.407 e. The first-order chi connectivity index (χ1) is 6.83. The minimum absolute atomic E-state index is 0.127. The van der Waals surface area contributed by atoms with E-state index in [1.807, 2.05) is 6.92 Å². The molecule has 1 fully saturated rings. The number of hydrogen-bond donors (Lipinski definition) is 2. The van der Waals surface area contributed by atoms with Crippen molar-refractivity contribution in [1.82, 2.24) is 10.6 Å². The Morgan fingerprint density at radius 3 is 3.14 bits per heavy atom. The molecule has 2 N–H and O–H groups in total. The molecule has 0 aromatic carbocycles. The number of carbonyl (C=O) groups is 1. The van der Waals surface area contributed by atoms with Gasteiger partial charge in [0.1, 0.15) is 6.61 Å². The highest BCUT2D eigenvalue weighted by molar-refractivity contribution is 5.67. The molecule has 0 saturated carbocycles. The Hall–Kier alpha value is -0.810. The second kappa shape index (κ2) is 6.62. The van der Waals surface area contributed by atoms with Gasteiger partial charge in [-0.2, -0.15) is 0 Å². The minimum atomic E-state index is -0.349. The van der Waals surface area contributed by atoms with Gasteiger partial charge in [-0.15, -0.1) is 0 Å². The molecule has 82 valence electrons. The van der Waals surface area contributed by atoms with Crippen LogP contribution in [0.1, 0.15) is 13.3 Å². The van der Waals surface area contributed by atoms with Crippen molar-refractivity contribution in [2.24, 2.45) is 0 Å². The van der Waals surface area contributed by atoms with Crippen LogP contribution in [0.25, 0.3) is 0 Å². The van der Waals surface area contributed by atoms with Crippen molar-refractivity contribution in [3.63, 3.8) is 0 Å². The number of rotatable bonds is 5. The molecule has 1 rings (SSSR count). The molecule has 0 radical (unpaired) electrons. The van der Waals surface area contributed by atoms with Crippen molar-refractivity contribution in [3.8, 4) is 0 Å². The summed E-state index contributed by atoms with van der Waals surface area (Å²) >= 11 is 0. The zero-order valence-corrected chi connectivity index (χ0v) is 8.54. The van der Waals surface area contributed by atoms with Crippen molar-refractivity contribution < 1.29 is 14.3 Å². The van der Waals surface area contributed by atoms with Gasteiger partial charge in [0.2, 0.25) is 0 Å². The molecule has 0 aromatic rings. The van der Waals surface area contributed by atoms with Gasteiger partial charge in [-0.3, -0.25) is 0 Å². The lowest BCUT2D eigenvalue weighted by atomic mass is 10.3. The number of likely N-dealkylation sites (N-methyl/N-ethyl adjacent to an activating group) is 1. The summed E-state index contributed by atoms with van der Waals surface area (Å²) in [6.07, 6.45) is 0.529. The molecule has 0 aromatic heterocycles. The quantitative estimate of drug-likeness (QED) is 0.621. The van der Waals surface area contributed by atoms with Crippen LogP contribution in [0.4, 0.5) is 4.79 Å². The number of amides is 1. The molecule has 1 unspecified atom stereocenters. The Kier molecular flexibility index (Phi) is 5.32. The van der Waals surface area contributed by atoms with Crippen LogP contribution in [-0.4, -0.2) is 45.0 Å². The second-order valence-corrected chi connectivity index (χ2v) is 3.19. The van der Waals surface area contributed by atoms with E-state index < -0.39 is 0 Å². The van der Waals surface area contributed by atoms with E-state index in [2.05, 4.69) is 10.6 Å². The van der Waals surface area contributed by atoms with E-state index >= 15 is 0 Å². The third-order valence-electron chi connectivity index (χ3n) is 2.01. The summed E-state index contributed by atoms with van der Waals surface area (Å²) in [6.45, 7) is 5.33. The largest absolute Gasteiger partial charge is 0.448 e. The molecule has 0 spiro atoms. The minimum Gasteiger partial charge on any atom is -0.448 e. The van der Waals surface area contributed by atoms with Crippen molar-refractivity contribution in [2.45, 2.75) is 19.4 Å². The van der Waals surface area contributed by atoms with Crippen LogP contribution < -0.4 is 10.6 Å². The third kappa shape index (κ3) is 4.43.